The SMILES string of the molecule is C[C@@H](c1cccc(S)c1)N1C(=O)[C@@H]2CC1CN2CC(N)C(=O)N1CCCC1C#N. The number of piperazine rings is 1. The first-order valence-corrected chi connectivity index (χ1v) is 10.7. The van der Waals surface area contributed by atoms with Crippen LogP contribution in [0.2, 0.25) is 0 Å². The number of nitrogens with zero attached hydrogens (tertiary/aromatic N) is 4. The van der Waals surface area contributed by atoms with Crippen LogP contribution in [0.15, 0.2) is 29.2 Å². The van der Waals surface area contributed by atoms with E-state index in [2.05, 4.69) is 25.6 Å². The normalized spacial score (nSPS) is 28.6. The van der Waals surface area contributed by atoms with Gasteiger partial charge in [-0.25, -0.2) is 0 Å². The van der Waals surface area contributed by atoms with Gasteiger partial charge in [-0.3, -0.25) is 14.5 Å². The van der Waals surface area contributed by atoms with Gasteiger partial charge in [0.25, 0.3) is 0 Å². The Morgan fingerprint density at radius 1 is 1.45 bits per heavy atom. The number of thiol groups is 1. The first kappa shape index (κ1) is 20.2. The Kier molecular flexibility index (Phi) is 5.56. The highest BCUT2D eigenvalue weighted by Gasteiger charge is 2.51. The molecule has 0 aliphatic carbocycles. The van der Waals surface area contributed by atoms with Crippen LogP contribution in [0.3, 0.4) is 0 Å². The summed E-state index contributed by atoms with van der Waals surface area (Å²) in [5.41, 5.74) is 7.27. The summed E-state index contributed by atoms with van der Waals surface area (Å²) in [6.45, 7) is 3.72. The molecule has 0 radical (unpaired) electrons. The summed E-state index contributed by atoms with van der Waals surface area (Å²) in [4.78, 5) is 32.3. The average Bonchev–Trinajstić information content (AvgIpc) is 3.41. The maximum absolute atomic E-state index is 13.1. The minimum Gasteiger partial charge on any atom is -0.330 e. The highest BCUT2D eigenvalue weighted by molar-refractivity contribution is 7.80. The van der Waals surface area contributed by atoms with Crippen molar-refractivity contribution >= 4 is 24.4 Å². The molecule has 3 heterocycles. The summed E-state index contributed by atoms with van der Waals surface area (Å²) in [7, 11) is 0. The summed E-state index contributed by atoms with van der Waals surface area (Å²) in [5, 5.41) is 9.21. The predicted octanol–water partition coefficient (Wildman–Crippen LogP) is 1.16. The van der Waals surface area contributed by atoms with E-state index in [0.717, 1.165) is 29.8 Å². The molecule has 3 saturated heterocycles. The molecule has 2 N–H and O–H groups in total. The van der Waals surface area contributed by atoms with Gasteiger partial charge in [-0.05, 0) is 43.9 Å². The van der Waals surface area contributed by atoms with Gasteiger partial charge in [0.05, 0.1) is 24.2 Å². The van der Waals surface area contributed by atoms with Crippen LogP contribution in [0.5, 0.6) is 0 Å². The Bertz CT molecular complexity index is 856. The molecule has 3 aliphatic rings. The smallest absolute Gasteiger partial charge is 0.241 e. The Balaban J connectivity index is 1.40. The third-order valence-corrected chi connectivity index (χ3v) is 6.80. The predicted molar refractivity (Wildman–Crippen MR) is 111 cm³/mol. The fourth-order valence-electron chi connectivity index (χ4n) is 5.05. The van der Waals surface area contributed by atoms with Crippen LogP contribution in [0.25, 0.3) is 0 Å². The average molecular weight is 414 g/mol. The van der Waals surface area contributed by atoms with Gasteiger partial charge in [-0.15, -0.1) is 12.6 Å². The molecule has 3 fully saturated rings. The molecule has 0 aromatic heterocycles. The first-order valence-electron chi connectivity index (χ1n) is 10.2. The molecule has 7 nitrogen and oxygen atoms in total. The molecule has 0 spiro atoms. The number of likely N-dealkylation sites (tertiary alicyclic amines) is 3. The highest BCUT2D eigenvalue weighted by atomic mass is 32.1. The van der Waals surface area contributed by atoms with Gasteiger partial charge in [-0.2, -0.15) is 5.26 Å². The fourth-order valence-corrected chi connectivity index (χ4v) is 5.29. The van der Waals surface area contributed by atoms with Crippen LogP contribution in [0, 0.1) is 11.3 Å². The van der Waals surface area contributed by atoms with E-state index in [1.54, 1.807) is 4.90 Å². The number of nitrogens with two attached hydrogens (primary N) is 1. The van der Waals surface area contributed by atoms with Crippen LogP contribution < -0.4 is 5.73 Å². The number of amides is 2. The molecule has 5 atom stereocenters. The van der Waals surface area contributed by atoms with Crippen molar-refractivity contribution in [3.63, 3.8) is 0 Å². The zero-order chi connectivity index (χ0) is 20.7. The second kappa shape index (κ2) is 7.98. The molecular formula is C21H27N5O2S. The number of carbonyl (C=O) groups excluding carboxylic acids is 2. The van der Waals surface area contributed by atoms with Crippen molar-refractivity contribution in [2.45, 2.75) is 61.3 Å². The lowest BCUT2D eigenvalue weighted by atomic mass is 10.1. The lowest BCUT2D eigenvalue weighted by molar-refractivity contribution is -0.141. The Labute approximate surface area is 176 Å². The molecule has 3 unspecified atom stereocenters. The molecule has 8 heteroatoms. The largest absolute Gasteiger partial charge is 0.330 e. The Morgan fingerprint density at radius 2 is 2.24 bits per heavy atom. The summed E-state index contributed by atoms with van der Waals surface area (Å²) in [5.74, 6) is -0.0749. The molecule has 154 valence electrons. The van der Waals surface area contributed by atoms with Crippen LogP contribution in [-0.2, 0) is 9.59 Å². The van der Waals surface area contributed by atoms with Gasteiger partial charge >= 0.3 is 0 Å². The van der Waals surface area contributed by atoms with E-state index in [9.17, 15) is 14.9 Å². The molecule has 2 amide bonds. The lowest BCUT2D eigenvalue weighted by Crippen LogP contribution is -2.56. The zero-order valence-corrected chi connectivity index (χ0v) is 17.5. The van der Waals surface area contributed by atoms with E-state index >= 15 is 0 Å². The van der Waals surface area contributed by atoms with E-state index in [-0.39, 0.29) is 36.0 Å². The maximum Gasteiger partial charge on any atom is 0.241 e. The van der Waals surface area contributed by atoms with Gasteiger partial charge in [0.2, 0.25) is 11.8 Å². The first-order chi connectivity index (χ1) is 13.9. The number of hydrogen-bond acceptors (Lipinski definition) is 6. The summed E-state index contributed by atoms with van der Waals surface area (Å²) in [6.07, 6.45) is 2.32. The lowest BCUT2D eigenvalue weighted by Gasteiger charge is -2.38. The topological polar surface area (TPSA) is 93.7 Å². The van der Waals surface area contributed by atoms with Crippen LogP contribution >= 0.6 is 12.6 Å². The van der Waals surface area contributed by atoms with E-state index < -0.39 is 6.04 Å². The fraction of sp³-hybridized carbons (Fsp3) is 0.571. The van der Waals surface area contributed by atoms with Crippen LogP contribution in [0.4, 0.5) is 0 Å². The van der Waals surface area contributed by atoms with Gasteiger partial charge < -0.3 is 15.5 Å². The van der Waals surface area contributed by atoms with Gasteiger partial charge in [0.1, 0.15) is 6.04 Å². The third kappa shape index (κ3) is 3.63. The molecular weight excluding hydrogens is 386 g/mol. The molecule has 1 aromatic rings. The molecule has 2 bridgehead atoms. The van der Waals surface area contributed by atoms with Crippen molar-refractivity contribution in [3.05, 3.63) is 29.8 Å². The minimum atomic E-state index is -0.706. The molecule has 0 saturated carbocycles. The molecule has 4 rings (SSSR count). The second-order valence-corrected chi connectivity index (χ2v) is 8.82. The Hall–Kier alpha value is -2.08. The monoisotopic (exact) mass is 413 g/mol. The number of benzene rings is 1. The number of hydrogen-bond donors (Lipinski definition) is 2. The van der Waals surface area contributed by atoms with Crippen LogP contribution in [-0.4, -0.2) is 70.3 Å². The van der Waals surface area contributed by atoms with Gasteiger partial charge in [0, 0.05) is 30.6 Å². The number of carbonyl (C=O) groups is 2. The van der Waals surface area contributed by atoms with Gasteiger partial charge in [0.15, 0.2) is 0 Å². The highest BCUT2D eigenvalue weighted by Crippen LogP contribution is 2.38. The standard InChI is InChI=1S/C21H27N5O2S/c1-13(14-4-2-6-17(29)8-14)26-16-9-19(21(26)28)24(11-16)12-18(23)20(27)25-7-3-5-15(25)10-22/h2,4,6,8,13,15-16,18-19,29H,3,5,7,9,11-12,23H2,1H3/t13-,15?,16?,18?,19-/m0/s1. The van der Waals surface area contributed by atoms with Crippen molar-refractivity contribution in [3.8, 4) is 6.07 Å². The minimum absolute atomic E-state index is 0.0111. The van der Waals surface area contributed by atoms with Crippen molar-refractivity contribution in [2.24, 2.45) is 5.73 Å². The van der Waals surface area contributed by atoms with Crippen LogP contribution in [0.1, 0.15) is 37.8 Å². The molecule has 3 aliphatic heterocycles. The zero-order valence-electron chi connectivity index (χ0n) is 16.6. The quantitative estimate of drug-likeness (QED) is 0.707. The summed E-state index contributed by atoms with van der Waals surface area (Å²) < 4.78 is 0. The number of rotatable bonds is 5. The molecule has 29 heavy (non-hydrogen) atoms. The van der Waals surface area contributed by atoms with Crippen molar-refractivity contribution in [1.29, 1.82) is 5.26 Å². The summed E-state index contributed by atoms with van der Waals surface area (Å²) in [6, 6.07) is 8.92. The van der Waals surface area contributed by atoms with Crippen molar-refractivity contribution in [2.75, 3.05) is 19.6 Å². The van der Waals surface area contributed by atoms with Crippen molar-refractivity contribution < 1.29 is 9.59 Å². The van der Waals surface area contributed by atoms with E-state index in [4.69, 9.17) is 5.73 Å². The number of fused-ring (bicyclic) bond motifs is 2. The summed E-state index contributed by atoms with van der Waals surface area (Å²) >= 11 is 4.41. The van der Waals surface area contributed by atoms with Crippen molar-refractivity contribution in [1.82, 2.24) is 14.7 Å². The molecule has 1 aromatic carbocycles. The second-order valence-electron chi connectivity index (χ2n) is 8.30. The Morgan fingerprint density at radius 3 is 2.93 bits per heavy atom. The maximum atomic E-state index is 13.1. The van der Waals surface area contributed by atoms with E-state index in [0.29, 0.717) is 19.5 Å². The van der Waals surface area contributed by atoms with E-state index in [1.807, 2.05) is 34.1 Å². The van der Waals surface area contributed by atoms with E-state index in [1.165, 1.54) is 0 Å². The number of nitriles is 1. The van der Waals surface area contributed by atoms with Gasteiger partial charge in [-0.1, -0.05) is 12.1 Å². The third-order valence-electron chi connectivity index (χ3n) is 6.52.